The summed E-state index contributed by atoms with van der Waals surface area (Å²) in [6.07, 6.45) is 0.656. The zero-order valence-corrected chi connectivity index (χ0v) is 12.7. The molecule has 6 heteroatoms. The highest BCUT2D eigenvalue weighted by Crippen LogP contribution is 2.23. The van der Waals surface area contributed by atoms with Crippen LogP contribution in [0.5, 0.6) is 5.75 Å². The van der Waals surface area contributed by atoms with E-state index in [-0.39, 0.29) is 12.5 Å². The maximum Gasteiger partial charge on any atom is 0.241 e. The molecular formula is C13H19BrN2O3. The van der Waals surface area contributed by atoms with E-state index < -0.39 is 6.04 Å². The normalized spacial score (nSPS) is 12.1. The molecule has 19 heavy (non-hydrogen) atoms. The van der Waals surface area contributed by atoms with Crippen LogP contribution in [0.4, 0.5) is 0 Å². The molecule has 0 saturated heterocycles. The van der Waals surface area contributed by atoms with Crippen LogP contribution in [0.3, 0.4) is 0 Å². The van der Waals surface area contributed by atoms with Gasteiger partial charge in [-0.2, -0.15) is 0 Å². The number of rotatable bonds is 6. The van der Waals surface area contributed by atoms with Crippen molar-refractivity contribution in [3.8, 4) is 5.75 Å². The number of nitrogens with zero attached hydrogens (tertiary/aromatic N) is 1. The van der Waals surface area contributed by atoms with Crippen LogP contribution >= 0.6 is 15.9 Å². The van der Waals surface area contributed by atoms with Gasteiger partial charge in [0.25, 0.3) is 0 Å². The number of halogens is 1. The molecule has 0 spiro atoms. The number of hydrogen-bond acceptors (Lipinski definition) is 4. The quantitative estimate of drug-likeness (QED) is 0.808. The Kier molecular flexibility index (Phi) is 6.27. The molecule has 0 aliphatic rings. The molecule has 0 fully saturated rings. The Bertz CT molecular complexity index is 440. The van der Waals surface area contributed by atoms with Gasteiger partial charge in [-0.1, -0.05) is 15.9 Å². The van der Waals surface area contributed by atoms with Crippen LogP contribution < -0.4 is 10.5 Å². The highest BCUT2D eigenvalue weighted by Gasteiger charge is 2.17. The van der Waals surface area contributed by atoms with E-state index in [0.29, 0.717) is 13.0 Å². The number of hydrogen-bond donors (Lipinski definition) is 2. The molecular weight excluding hydrogens is 312 g/mol. The lowest BCUT2D eigenvalue weighted by atomic mass is 10.1. The second-order valence-electron chi connectivity index (χ2n) is 4.26. The lowest BCUT2D eigenvalue weighted by Gasteiger charge is -2.20. The maximum absolute atomic E-state index is 11.7. The topological polar surface area (TPSA) is 75.8 Å². The number of nitrogens with two attached hydrogens (primary N) is 1. The predicted octanol–water partition coefficient (Wildman–Crippen LogP) is 0.778. The maximum atomic E-state index is 11.7. The molecule has 1 aromatic carbocycles. The smallest absolute Gasteiger partial charge is 0.241 e. The Morgan fingerprint density at radius 3 is 2.84 bits per heavy atom. The monoisotopic (exact) mass is 330 g/mol. The molecule has 0 aliphatic carbocycles. The minimum absolute atomic E-state index is 0.267. The molecule has 5 nitrogen and oxygen atoms in total. The van der Waals surface area contributed by atoms with E-state index in [1.54, 1.807) is 14.2 Å². The summed E-state index contributed by atoms with van der Waals surface area (Å²) >= 11 is 3.41. The Balaban J connectivity index is 2.66. The van der Waals surface area contributed by atoms with E-state index in [1.165, 1.54) is 4.90 Å². The molecule has 0 heterocycles. The number of benzene rings is 1. The molecule has 0 aliphatic heterocycles. The second kappa shape index (κ2) is 7.47. The van der Waals surface area contributed by atoms with E-state index in [4.69, 9.17) is 15.6 Å². The SMILES string of the molecule is COc1ccc(Br)cc1CCN(C)C(=O)C(N)CO. The fourth-order valence-corrected chi connectivity index (χ4v) is 2.11. The molecule has 1 aromatic rings. The van der Waals surface area contributed by atoms with E-state index in [2.05, 4.69) is 15.9 Å². The lowest BCUT2D eigenvalue weighted by Crippen LogP contribution is -2.44. The van der Waals surface area contributed by atoms with Gasteiger partial charge in [-0.25, -0.2) is 0 Å². The second-order valence-corrected chi connectivity index (χ2v) is 5.17. The number of methoxy groups -OCH3 is 1. The minimum atomic E-state index is -0.852. The molecule has 1 amide bonds. The first-order chi connectivity index (χ1) is 8.99. The van der Waals surface area contributed by atoms with Crippen LogP contribution in [-0.2, 0) is 11.2 Å². The highest BCUT2D eigenvalue weighted by atomic mass is 79.9. The van der Waals surface area contributed by atoms with Gasteiger partial charge >= 0.3 is 0 Å². The van der Waals surface area contributed by atoms with Gasteiger partial charge < -0.3 is 20.5 Å². The average Bonchev–Trinajstić information content (AvgIpc) is 2.43. The fraction of sp³-hybridized carbons (Fsp3) is 0.462. The van der Waals surface area contributed by atoms with E-state index in [0.717, 1.165) is 15.8 Å². The highest BCUT2D eigenvalue weighted by molar-refractivity contribution is 9.10. The van der Waals surface area contributed by atoms with Gasteiger partial charge in [0.1, 0.15) is 11.8 Å². The van der Waals surface area contributed by atoms with Gasteiger partial charge in [0.2, 0.25) is 5.91 Å². The number of aliphatic hydroxyl groups is 1. The van der Waals surface area contributed by atoms with Crippen LogP contribution in [0.15, 0.2) is 22.7 Å². The number of carbonyl (C=O) groups is 1. The van der Waals surface area contributed by atoms with Crippen LogP contribution in [0.2, 0.25) is 0 Å². The first kappa shape index (κ1) is 15.9. The van der Waals surface area contributed by atoms with Crippen molar-refractivity contribution >= 4 is 21.8 Å². The van der Waals surface area contributed by atoms with Gasteiger partial charge in [-0.3, -0.25) is 4.79 Å². The van der Waals surface area contributed by atoms with Gasteiger partial charge in [-0.05, 0) is 30.2 Å². The summed E-state index contributed by atoms with van der Waals surface area (Å²) in [5, 5.41) is 8.86. The first-order valence-electron chi connectivity index (χ1n) is 5.93. The fourth-order valence-electron chi connectivity index (χ4n) is 1.70. The van der Waals surface area contributed by atoms with Gasteiger partial charge in [0.05, 0.1) is 13.7 Å². The van der Waals surface area contributed by atoms with E-state index in [1.807, 2.05) is 18.2 Å². The Morgan fingerprint density at radius 1 is 1.58 bits per heavy atom. The van der Waals surface area contributed by atoms with Crippen molar-refractivity contribution in [2.75, 3.05) is 27.3 Å². The Hall–Kier alpha value is -1.11. The van der Waals surface area contributed by atoms with Gasteiger partial charge in [0, 0.05) is 18.1 Å². The number of aliphatic hydroxyl groups excluding tert-OH is 1. The number of likely N-dealkylation sites (N-methyl/N-ethyl adjacent to an activating group) is 1. The minimum Gasteiger partial charge on any atom is -0.496 e. The molecule has 3 N–H and O–H groups in total. The van der Waals surface area contributed by atoms with Crippen LogP contribution in [0.25, 0.3) is 0 Å². The summed E-state index contributed by atoms with van der Waals surface area (Å²) in [7, 11) is 3.28. The van der Waals surface area contributed by atoms with Crippen molar-refractivity contribution in [3.05, 3.63) is 28.2 Å². The number of ether oxygens (including phenoxy) is 1. The summed E-state index contributed by atoms with van der Waals surface area (Å²) in [5.41, 5.74) is 6.50. The number of carbonyl (C=O) groups excluding carboxylic acids is 1. The van der Waals surface area contributed by atoms with Crippen molar-refractivity contribution in [1.29, 1.82) is 0 Å². The lowest BCUT2D eigenvalue weighted by molar-refractivity contribution is -0.132. The van der Waals surface area contributed by atoms with Crippen molar-refractivity contribution in [3.63, 3.8) is 0 Å². The molecule has 1 unspecified atom stereocenters. The summed E-state index contributed by atoms with van der Waals surface area (Å²) in [6, 6.07) is 4.89. The zero-order chi connectivity index (χ0) is 14.4. The molecule has 0 aromatic heterocycles. The first-order valence-corrected chi connectivity index (χ1v) is 6.72. The predicted molar refractivity (Wildman–Crippen MR) is 77.1 cm³/mol. The molecule has 1 rings (SSSR count). The molecule has 106 valence electrons. The molecule has 0 bridgehead atoms. The standard InChI is InChI=1S/C13H19BrN2O3/c1-16(13(18)11(15)8-17)6-5-9-7-10(14)3-4-12(9)19-2/h3-4,7,11,17H,5-6,8,15H2,1-2H3. The summed E-state index contributed by atoms with van der Waals surface area (Å²) in [6.45, 7) is 0.169. The number of amides is 1. The van der Waals surface area contributed by atoms with Crippen molar-refractivity contribution in [2.45, 2.75) is 12.5 Å². The Morgan fingerprint density at radius 2 is 2.26 bits per heavy atom. The average molecular weight is 331 g/mol. The third kappa shape index (κ3) is 4.49. The summed E-state index contributed by atoms with van der Waals surface area (Å²) < 4.78 is 6.24. The van der Waals surface area contributed by atoms with Gasteiger partial charge in [0.15, 0.2) is 0 Å². The third-order valence-corrected chi connectivity index (χ3v) is 3.34. The Labute approximate surface area is 121 Å². The third-order valence-electron chi connectivity index (χ3n) is 2.85. The zero-order valence-electron chi connectivity index (χ0n) is 11.1. The summed E-state index contributed by atoms with van der Waals surface area (Å²) in [4.78, 5) is 13.2. The van der Waals surface area contributed by atoms with Crippen LogP contribution in [-0.4, -0.2) is 49.3 Å². The molecule has 0 radical (unpaired) electrons. The van der Waals surface area contributed by atoms with Gasteiger partial charge in [-0.15, -0.1) is 0 Å². The molecule has 1 atom stereocenters. The largest absolute Gasteiger partial charge is 0.496 e. The van der Waals surface area contributed by atoms with E-state index in [9.17, 15) is 4.79 Å². The van der Waals surface area contributed by atoms with Crippen LogP contribution in [0, 0.1) is 0 Å². The van der Waals surface area contributed by atoms with E-state index >= 15 is 0 Å². The van der Waals surface area contributed by atoms with Crippen molar-refractivity contribution < 1.29 is 14.6 Å². The van der Waals surface area contributed by atoms with Crippen LogP contribution in [0.1, 0.15) is 5.56 Å². The van der Waals surface area contributed by atoms with Crippen molar-refractivity contribution in [2.24, 2.45) is 5.73 Å². The van der Waals surface area contributed by atoms with Crippen molar-refractivity contribution in [1.82, 2.24) is 4.90 Å². The summed E-state index contributed by atoms with van der Waals surface area (Å²) in [5.74, 6) is 0.520. The molecule has 0 saturated carbocycles.